The van der Waals surface area contributed by atoms with Crippen LogP contribution in [0, 0.1) is 0 Å². The van der Waals surface area contributed by atoms with Crippen molar-refractivity contribution in [1.29, 1.82) is 0 Å². The Morgan fingerprint density at radius 2 is 1.90 bits per heavy atom. The molecule has 0 aliphatic heterocycles. The number of para-hydroxylation sites is 2. The number of fused-ring (bicyclic) bond motifs is 1. The van der Waals surface area contributed by atoms with E-state index >= 15 is 0 Å². The fourth-order valence-corrected chi connectivity index (χ4v) is 2.07. The first-order valence-corrected chi connectivity index (χ1v) is 6.46. The van der Waals surface area contributed by atoms with E-state index in [1.165, 1.54) is 0 Å². The third kappa shape index (κ3) is 2.32. The minimum atomic E-state index is 0.553. The number of aromatic nitrogens is 2. The molecule has 1 heterocycles. The van der Waals surface area contributed by atoms with Gasteiger partial charge in [0.25, 0.3) is 0 Å². The molecule has 2 aromatic carbocycles. The van der Waals surface area contributed by atoms with Crippen molar-refractivity contribution in [2.24, 2.45) is 12.0 Å². The summed E-state index contributed by atoms with van der Waals surface area (Å²) in [5.41, 5.74) is 2.69. The molecule has 0 amide bonds. The van der Waals surface area contributed by atoms with Gasteiger partial charge in [-0.1, -0.05) is 12.1 Å². The lowest BCUT2D eigenvalue weighted by atomic mass is 10.3. The van der Waals surface area contributed by atoms with Gasteiger partial charge in [-0.3, -0.25) is 4.57 Å². The molecule has 0 spiro atoms. The Bertz CT molecular complexity index is 802. The normalized spacial score (nSPS) is 10.2. The van der Waals surface area contributed by atoms with Crippen LogP contribution in [0.4, 0.5) is 5.69 Å². The van der Waals surface area contributed by atoms with Crippen molar-refractivity contribution in [3.05, 3.63) is 48.5 Å². The molecule has 0 aliphatic rings. The Morgan fingerprint density at radius 1 is 1.15 bits per heavy atom. The fourth-order valence-electron chi connectivity index (χ4n) is 1.96. The number of ether oxygens (including phenoxy) is 1. The lowest BCUT2D eigenvalue weighted by Gasteiger charge is -2.04. The maximum atomic E-state index is 5.79. The molecule has 3 aromatic rings. The topological polar surface area (TPSA) is 39.4 Å². The van der Waals surface area contributed by atoms with E-state index < -0.39 is 0 Å². The Hall–Kier alpha value is -2.49. The number of imidazole rings is 1. The molecule has 0 N–H and O–H groups in total. The van der Waals surface area contributed by atoms with Crippen LogP contribution in [0.5, 0.6) is 11.8 Å². The molecule has 0 saturated carbocycles. The molecule has 0 fully saturated rings. The van der Waals surface area contributed by atoms with E-state index in [0.717, 1.165) is 16.7 Å². The molecule has 1 aromatic heterocycles. The maximum absolute atomic E-state index is 5.79. The average molecular weight is 281 g/mol. The zero-order valence-corrected chi connectivity index (χ0v) is 11.6. The second-order valence-electron chi connectivity index (χ2n) is 4.24. The number of nitrogens with zero attached hydrogens (tertiary/aromatic N) is 3. The van der Waals surface area contributed by atoms with E-state index in [1.807, 2.05) is 60.1 Å². The zero-order chi connectivity index (χ0) is 13.9. The first-order chi connectivity index (χ1) is 9.78. The van der Waals surface area contributed by atoms with Crippen LogP contribution in [-0.2, 0) is 7.05 Å². The van der Waals surface area contributed by atoms with Crippen LogP contribution in [0.3, 0.4) is 0 Å². The molecular weight excluding hydrogens is 270 g/mol. The van der Waals surface area contributed by atoms with E-state index in [4.69, 9.17) is 4.74 Å². The molecule has 0 unspecified atom stereocenters. The number of hydrogen-bond donors (Lipinski definition) is 0. The lowest BCUT2D eigenvalue weighted by molar-refractivity contribution is 0.428. The number of aliphatic imine (C=N–C) groups is 1. The van der Waals surface area contributed by atoms with E-state index in [-0.39, 0.29) is 0 Å². The first-order valence-electron chi connectivity index (χ1n) is 6.05. The van der Waals surface area contributed by atoms with Crippen molar-refractivity contribution in [3.8, 4) is 11.8 Å². The summed E-state index contributed by atoms with van der Waals surface area (Å²) in [4.78, 5) is 8.35. The third-order valence-electron chi connectivity index (χ3n) is 2.97. The highest BCUT2D eigenvalue weighted by Gasteiger charge is 2.08. The van der Waals surface area contributed by atoms with Gasteiger partial charge in [0.2, 0.25) is 0 Å². The largest absolute Gasteiger partial charge is 0.425 e. The second-order valence-corrected chi connectivity index (χ2v) is 4.42. The molecule has 3 rings (SSSR count). The summed E-state index contributed by atoms with van der Waals surface area (Å²) in [5, 5.41) is 2.33. The molecule has 0 atom stereocenters. The van der Waals surface area contributed by atoms with Gasteiger partial charge in [-0.2, -0.15) is 9.98 Å². The Labute approximate surface area is 121 Å². The summed E-state index contributed by atoms with van der Waals surface area (Å²) in [6.07, 6.45) is 0. The molecule has 0 aliphatic carbocycles. The minimum Gasteiger partial charge on any atom is -0.425 e. The Balaban J connectivity index is 1.92. The van der Waals surface area contributed by atoms with Gasteiger partial charge in [0.1, 0.15) is 5.75 Å². The predicted octanol–water partition coefficient (Wildman–Crippen LogP) is 4.10. The summed E-state index contributed by atoms with van der Waals surface area (Å²) in [6, 6.07) is 15.7. The monoisotopic (exact) mass is 281 g/mol. The van der Waals surface area contributed by atoms with Crippen LogP contribution in [0.1, 0.15) is 0 Å². The highest BCUT2D eigenvalue weighted by molar-refractivity contribution is 7.78. The van der Waals surface area contributed by atoms with E-state index in [2.05, 4.69) is 27.4 Å². The molecule has 0 radical (unpaired) electrons. The van der Waals surface area contributed by atoms with Crippen molar-refractivity contribution in [3.63, 3.8) is 0 Å². The van der Waals surface area contributed by atoms with Crippen LogP contribution < -0.4 is 4.74 Å². The number of hydrogen-bond acceptors (Lipinski definition) is 4. The van der Waals surface area contributed by atoms with Crippen LogP contribution >= 0.6 is 12.2 Å². The van der Waals surface area contributed by atoms with Gasteiger partial charge in [-0.05, 0) is 48.6 Å². The summed E-state index contributed by atoms with van der Waals surface area (Å²) < 4.78 is 7.71. The van der Waals surface area contributed by atoms with E-state index in [0.29, 0.717) is 11.8 Å². The van der Waals surface area contributed by atoms with Gasteiger partial charge >= 0.3 is 6.01 Å². The molecule has 0 bridgehead atoms. The molecule has 98 valence electrons. The SMILES string of the molecule is Cn1c(Oc2ccc(N=C=S)cc2)nc2ccccc21. The van der Waals surface area contributed by atoms with Crippen molar-refractivity contribution >= 4 is 34.1 Å². The summed E-state index contributed by atoms with van der Waals surface area (Å²) in [7, 11) is 1.93. The summed E-state index contributed by atoms with van der Waals surface area (Å²) in [5.74, 6) is 0.701. The second kappa shape index (κ2) is 5.25. The molecule has 4 nitrogen and oxygen atoms in total. The van der Waals surface area contributed by atoms with Gasteiger partial charge in [0, 0.05) is 7.05 Å². The number of aryl methyl sites for hydroxylation is 1. The smallest absolute Gasteiger partial charge is 0.302 e. The first kappa shape index (κ1) is 12.5. The van der Waals surface area contributed by atoms with Crippen LogP contribution in [-0.4, -0.2) is 14.7 Å². The van der Waals surface area contributed by atoms with E-state index in [1.54, 1.807) is 0 Å². The Kier molecular flexibility index (Phi) is 3.29. The highest BCUT2D eigenvalue weighted by Crippen LogP contribution is 2.26. The number of thiocarbonyl (C=S) groups is 1. The van der Waals surface area contributed by atoms with E-state index in [9.17, 15) is 0 Å². The van der Waals surface area contributed by atoms with Gasteiger partial charge < -0.3 is 4.74 Å². The van der Waals surface area contributed by atoms with Crippen LogP contribution in [0.2, 0.25) is 0 Å². The standard InChI is InChI=1S/C15H11N3OS/c1-18-14-5-3-2-4-13(14)17-15(18)19-12-8-6-11(7-9-12)16-10-20/h2-9H,1H3. The highest BCUT2D eigenvalue weighted by atomic mass is 32.1. The van der Waals surface area contributed by atoms with Gasteiger partial charge in [0.05, 0.1) is 21.9 Å². The molecule has 20 heavy (non-hydrogen) atoms. The molecule has 5 heteroatoms. The van der Waals surface area contributed by atoms with Crippen molar-refractivity contribution in [1.82, 2.24) is 9.55 Å². The van der Waals surface area contributed by atoms with Gasteiger partial charge in [-0.15, -0.1) is 0 Å². The molecular formula is C15H11N3OS. The lowest BCUT2D eigenvalue weighted by Crippen LogP contribution is -1.93. The third-order valence-corrected chi connectivity index (χ3v) is 3.06. The van der Waals surface area contributed by atoms with Crippen LogP contribution in [0.25, 0.3) is 11.0 Å². The minimum absolute atomic E-state index is 0.553. The number of isothiocyanates is 1. The van der Waals surface area contributed by atoms with Crippen LogP contribution in [0.15, 0.2) is 53.5 Å². The van der Waals surface area contributed by atoms with Crippen molar-refractivity contribution in [2.45, 2.75) is 0 Å². The fraction of sp³-hybridized carbons (Fsp3) is 0.0667. The Morgan fingerprint density at radius 3 is 2.60 bits per heavy atom. The van der Waals surface area contributed by atoms with Gasteiger partial charge in [0.15, 0.2) is 0 Å². The van der Waals surface area contributed by atoms with Crippen molar-refractivity contribution in [2.75, 3.05) is 0 Å². The maximum Gasteiger partial charge on any atom is 0.302 e. The summed E-state index contributed by atoms with van der Waals surface area (Å²) in [6.45, 7) is 0. The predicted molar refractivity (Wildman–Crippen MR) is 81.9 cm³/mol. The van der Waals surface area contributed by atoms with Gasteiger partial charge in [-0.25, -0.2) is 0 Å². The number of benzene rings is 2. The average Bonchev–Trinajstić information content (AvgIpc) is 2.79. The quantitative estimate of drug-likeness (QED) is 0.536. The summed E-state index contributed by atoms with van der Waals surface area (Å²) >= 11 is 4.56. The zero-order valence-electron chi connectivity index (χ0n) is 10.8. The molecule has 0 saturated heterocycles. The number of rotatable bonds is 3. The van der Waals surface area contributed by atoms with Crippen molar-refractivity contribution < 1.29 is 4.74 Å².